The predicted octanol–water partition coefficient (Wildman–Crippen LogP) is 3.05. The maximum atomic E-state index is 9.37. The molecule has 0 aliphatic rings. The van der Waals surface area contributed by atoms with Crippen molar-refractivity contribution >= 4 is 26.7 Å². The Labute approximate surface area is 90.7 Å². The molecule has 0 bridgehead atoms. The van der Waals surface area contributed by atoms with E-state index < -0.39 is 6.10 Å². The summed E-state index contributed by atoms with van der Waals surface area (Å²) >= 11 is 3.40. The molecular weight excluding hydrogens is 242 g/mol. The average molecular weight is 252 g/mol. The third kappa shape index (κ3) is 1.79. The molecule has 2 rings (SSSR count). The summed E-state index contributed by atoms with van der Waals surface area (Å²) in [6, 6.07) is 7.90. The molecule has 0 aliphatic heterocycles. The summed E-state index contributed by atoms with van der Waals surface area (Å²) in [6.07, 6.45) is 1.27. The van der Waals surface area contributed by atoms with Gasteiger partial charge < -0.3 is 5.11 Å². The third-order valence-electron chi connectivity index (χ3n) is 2.13. The number of fused-ring (bicyclic) bond motifs is 1. The summed E-state index contributed by atoms with van der Waals surface area (Å²) in [5, 5.41) is 11.5. The number of hydrogen-bond acceptors (Lipinski definition) is 2. The summed E-state index contributed by atoms with van der Waals surface area (Å²) in [5.74, 6) is 0. The van der Waals surface area contributed by atoms with Crippen LogP contribution in [0.1, 0.15) is 18.7 Å². The van der Waals surface area contributed by atoms with Crippen molar-refractivity contribution in [2.45, 2.75) is 13.0 Å². The molecule has 0 spiro atoms. The topological polar surface area (TPSA) is 33.1 Å². The van der Waals surface area contributed by atoms with Gasteiger partial charge in [-0.3, -0.25) is 4.98 Å². The maximum absolute atomic E-state index is 9.37. The number of halogens is 1. The van der Waals surface area contributed by atoms with Crippen LogP contribution in [-0.2, 0) is 0 Å². The Kier molecular flexibility index (Phi) is 2.52. The van der Waals surface area contributed by atoms with Crippen molar-refractivity contribution in [3.8, 4) is 0 Å². The number of pyridine rings is 1. The standard InChI is InChI=1S/C11H10BrNO/c1-7(14)11-5-8-2-3-10(12)4-9(8)6-13-11/h2-7,14H,1H3. The van der Waals surface area contributed by atoms with Gasteiger partial charge in [-0.25, -0.2) is 0 Å². The smallest absolute Gasteiger partial charge is 0.0931 e. The van der Waals surface area contributed by atoms with Crippen LogP contribution in [0.3, 0.4) is 0 Å². The van der Waals surface area contributed by atoms with Crippen LogP contribution < -0.4 is 0 Å². The van der Waals surface area contributed by atoms with Crippen molar-refractivity contribution < 1.29 is 5.11 Å². The Morgan fingerprint density at radius 3 is 2.79 bits per heavy atom. The lowest BCUT2D eigenvalue weighted by molar-refractivity contribution is 0.194. The fourth-order valence-corrected chi connectivity index (χ4v) is 1.74. The molecule has 2 aromatic rings. The van der Waals surface area contributed by atoms with E-state index in [0.29, 0.717) is 5.69 Å². The number of aliphatic hydroxyl groups excluding tert-OH is 1. The van der Waals surface area contributed by atoms with Crippen LogP contribution in [-0.4, -0.2) is 10.1 Å². The highest BCUT2D eigenvalue weighted by Gasteiger charge is 2.03. The first-order valence-corrected chi connectivity index (χ1v) is 5.19. The van der Waals surface area contributed by atoms with Crippen LogP contribution >= 0.6 is 15.9 Å². The quantitative estimate of drug-likeness (QED) is 0.846. The summed E-state index contributed by atoms with van der Waals surface area (Å²) in [7, 11) is 0. The molecule has 0 saturated heterocycles. The molecule has 1 heterocycles. The zero-order chi connectivity index (χ0) is 10.1. The Morgan fingerprint density at radius 2 is 2.07 bits per heavy atom. The Morgan fingerprint density at radius 1 is 1.29 bits per heavy atom. The molecule has 3 heteroatoms. The van der Waals surface area contributed by atoms with E-state index in [1.54, 1.807) is 13.1 Å². The van der Waals surface area contributed by atoms with Gasteiger partial charge in [-0.05, 0) is 30.5 Å². The lowest BCUT2D eigenvalue weighted by atomic mass is 10.1. The average Bonchev–Trinajstić information content (AvgIpc) is 2.16. The molecule has 1 aromatic carbocycles. The number of aromatic nitrogens is 1. The second-order valence-electron chi connectivity index (χ2n) is 3.28. The van der Waals surface area contributed by atoms with Crippen LogP contribution in [0, 0.1) is 0 Å². The number of hydrogen-bond donors (Lipinski definition) is 1. The molecule has 1 atom stereocenters. The first-order valence-electron chi connectivity index (χ1n) is 4.40. The normalized spacial score (nSPS) is 13.1. The minimum atomic E-state index is -0.511. The van der Waals surface area contributed by atoms with E-state index in [1.165, 1.54) is 0 Å². The second kappa shape index (κ2) is 3.67. The lowest BCUT2D eigenvalue weighted by Crippen LogP contribution is -1.94. The van der Waals surface area contributed by atoms with Gasteiger partial charge in [0.15, 0.2) is 0 Å². The summed E-state index contributed by atoms with van der Waals surface area (Å²) in [6.45, 7) is 1.72. The van der Waals surface area contributed by atoms with E-state index in [-0.39, 0.29) is 0 Å². The fourth-order valence-electron chi connectivity index (χ4n) is 1.36. The number of rotatable bonds is 1. The molecule has 0 fully saturated rings. The SMILES string of the molecule is CC(O)c1cc2ccc(Br)cc2cn1. The number of benzene rings is 1. The molecule has 72 valence electrons. The molecule has 0 aliphatic carbocycles. The van der Waals surface area contributed by atoms with Gasteiger partial charge >= 0.3 is 0 Å². The van der Waals surface area contributed by atoms with Gasteiger partial charge in [0.1, 0.15) is 0 Å². The summed E-state index contributed by atoms with van der Waals surface area (Å²) < 4.78 is 1.04. The van der Waals surface area contributed by atoms with Crippen LogP contribution in [0.5, 0.6) is 0 Å². The molecule has 0 amide bonds. The minimum absolute atomic E-state index is 0.511. The molecule has 0 radical (unpaired) electrons. The summed E-state index contributed by atoms with van der Waals surface area (Å²) in [5.41, 5.74) is 0.708. The van der Waals surface area contributed by atoms with E-state index >= 15 is 0 Å². The highest BCUT2D eigenvalue weighted by Crippen LogP contribution is 2.21. The van der Waals surface area contributed by atoms with Gasteiger partial charge in [-0.1, -0.05) is 22.0 Å². The monoisotopic (exact) mass is 251 g/mol. The van der Waals surface area contributed by atoms with Crippen LogP contribution in [0.4, 0.5) is 0 Å². The molecule has 0 saturated carbocycles. The van der Waals surface area contributed by atoms with E-state index in [9.17, 15) is 5.11 Å². The highest BCUT2D eigenvalue weighted by atomic mass is 79.9. The van der Waals surface area contributed by atoms with Crippen molar-refractivity contribution in [2.75, 3.05) is 0 Å². The van der Waals surface area contributed by atoms with Crippen LogP contribution in [0.2, 0.25) is 0 Å². The number of aliphatic hydroxyl groups is 1. The second-order valence-corrected chi connectivity index (χ2v) is 4.19. The van der Waals surface area contributed by atoms with Gasteiger partial charge in [0.05, 0.1) is 11.8 Å². The van der Waals surface area contributed by atoms with Crippen molar-refractivity contribution in [3.63, 3.8) is 0 Å². The van der Waals surface area contributed by atoms with Gasteiger partial charge in [0.25, 0.3) is 0 Å². The molecule has 1 unspecified atom stereocenters. The van der Waals surface area contributed by atoms with E-state index in [2.05, 4.69) is 20.9 Å². The zero-order valence-electron chi connectivity index (χ0n) is 7.74. The first kappa shape index (κ1) is 9.62. The van der Waals surface area contributed by atoms with Crippen molar-refractivity contribution in [1.29, 1.82) is 0 Å². The van der Waals surface area contributed by atoms with Gasteiger partial charge in [-0.2, -0.15) is 0 Å². The van der Waals surface area contributed by atoms with Gasteiger partial charge in [0.2, 0.25) is 0 Å². The third-order valence-corrected chi connectivity index (χ3v) is 2.63. The van der Waals surface area contributed by atoms with E-state index in [4.69, 9.17) is 0 Å². The van der Waals surface area contributed by atoms with E-state index in [0.717, 1.165) is 15.2 Å². The fraction of sp³-hybridized carbons (Fsp3) is 0.182. The van der Waals surface area contributed by atoms with Gasteiger partial charge in [0, 0.05) is 16.1 Å². The predicted molar refractivity (Wildman–Crippen MR) is 60.1 cm³/mol. The number of nitrogens with zero attached hydrogens (tertiary/aromatic N) is 1. The van der Waals surface area contributed by atoms with Crippen molar-refractivity contribution in [2.24, 2.45) is 0 Å². The van der Waals surface area contributed by atoms with Crippen LogP contribution in [0.15, 0.2) is 34.9 Å². The Bertz CT molecular complexity index is 468. The molecule has 2 nitrogen and oxygen atoms in total. The largest absolute Gasteiger partial charge is 0.387 e. The summed E-state index contributed by atoms with van der Waals surface area (Å²) in [4.78, 5) is 4.18. The van der Waals surface area contributed by atoms with Crippen molar-refractivity contribution in [1.82, 2.24) is 4.98 Å². The molecule has 1 N–H and O–H groups in total. The lowest BCUT2D eigenvalue weighted by Gasteiger charge is -2.05. The van der Waals surface area contributed by atoms with Gasteiger partial charge in [-0.15, -0.1) is 0 Å². The maximum Gasteiger partial charge on any atom is 0.0931 e. The Balaban J connectivity index is 2.62. The molecule has 14 heavy (non-hydrogen) atoms. The zero-order valence-corrected chi connectivity index (χ0v) is 9.32. The Hall–Kier alpha value is -0.930. The molecule has 1 aromatic heterocycles. The highest BCUT2D eigenvalue weighted by molar-refractivity contribution is 9.10. The molecular formula is C11H10BrNO. The van der Waals surface area contributed by atoms with Crippen LogP contribution in [0.25, 0.3) is 10.8 Å². The van der Waals surface area contributed by atoms with E-state index in [1.807, 2.05) is 24.3 Å². The minimum Gasteiger partial charge on any atom is -0.387 e. The van der Waals surface area contributed by atoms with Crippen molar-refractivity contribution in [3.05, 3.63) is 40.6 Å². The first-order chi connectivity index (χ1) is 6.66.